The predicted octanol–water partition coefficient (Wildman–Crippen LogP) is 1.59. The first kappa shape index (κ1) is 12.1. The van der Waals surface area contributed by atoms with Crippen LogP contribution in [-0.2, 0) is 13.2 Å². The molecule has 6 heteroatoms. The summed E-state index contributed by atoms with van der Waals surface area (Å²) in [6, 6.07) is 5.78. The predicted molar refractivity (Wildman–Crippen MR) is 65.7 cm³/mol. The van der Waals surface area contributed by atoms with Crippen LogP contribution in [0.3, 0.4) is 0 Å². The summed E-state index contributed by atoms with van der Waals surface area (Å²) in [4.78, 5) is 0. The Labute approximate surface area is 107 Å². The van der Waals surface area contributed by atoms with E-state index >= 15 is 0 Å². The summed E-state index contributed by atoms with van der Waals surface area (Å²) in [7, 11) is 1.63. The van der Waals surface area contributed by atoms with Gasteiger partial charge in [-0.3, -0.25) is 0 Å². The molecule has 90 valence electrons. The maximum Gasteiger partial charge on any atom is 0.124 e. The minimum absolute atomic E-state index is 0.102. The van der Waals surface area contributed by atoms with Crippen LogP contribution in [0.1, 0.15) is 11.3 Å². The van der Waals surface area contributed by atoms with Crippen LogP contribution in [0.15, 0.2) is 28.9 Å². The number of methoxy groups -OCH3 is 1. The van der Waals surface area contributed by atoms with Gasteiger partial charge in [-0.15, -0.1) is 5.10 Å². The summed E-state index contributed by atoms with van der Waals surface area (Å²) in [5.41, 5.74) is 1.55. The molecule has 0 saturated heterocycles. The van der Waals surface area contributed by atoms with Crippen molar-refractivity contribution in [3.05, 3.63) is 40.1 Å². The van der Waals surface area contributed by atoms with Gasteiger partial charge < -0.3 is 9.84 Å². The fourth-order valence-corrected chi connectivity index (χ4v) is 1.94. The first-order chi connectivity index (χ1) is 8.22. The molecule has 0 bridgehead atoms. The van der Waals surface area contributed by atoms with E-state index in [2.05, 4.69) is 26.2 Å². The van der Waals surface area contributed by atoms with Gasteiger partial charge in [0, 0.05) is 10.0 Å². The van der Waals surface area contributed by atoms with Crippen LogP contribution >= 0.6 is 15.9 Å². The van der Waals surface area contributed by atoms with Crippen molar-refractivity contribution in [3.8, 4) is 5.75 Å². The molecule has 0 aliphatic carbocycles. The third kappa shape index (κ3) is 2.83. The van der Waals surface area contributed by atoms with Gasteiger partial charge in [-0.05, 0) is 18.2 Å². The van der Waals surface area contributed by atoms with E-state index in [0.29, 0.717) is 12.2 Å². The normalized spacial score (nSPS) is 10.5. The van der Waals surface area contributed by atoms with Crippen molar-refractivity contribution in [2.75, 3.05) is 7.11 Å². The maximum absolute atomic E-state index is 8.91. The molecule has 0 saturated carbocycles. The van der Waals surface area contributed by atoms with Crippen molar-refractivity contribution in [3.63, 3.8) is 0 Å². The second-order valence-electron chi connectivity index (χ2n) is 3.52. The lowest BCUT2D eigenvalue weighted by Crippen LogP contribution is -2.02. The fourth-order valence-electron chi connectivity index (χ4n) is 1.53. The van der Waals surface area contributed by atoms with Gasteiger partial charge in [0.2, 0.25) is 0 Å². The van der Waals surface area contributed by atoms with Crippen LogP contribution in [0, 0.1) is 0 Å². The summed E-state index contributed by atoms with van der Waals surface area (Å²) in [5.74, 6) is 0.800. The first-order valence-electron chi connectivity index (χ1n) is 5.05. The van der Waals surface area contributed by atoms with Crippen molar-refractivity contribution in [1.29, 1.82) is 0 Å². The van der Waals surface area contributed by atoms with Crippen LogP contribution in [0.4, 0.5) is 0 Å². The first-order valence-corrected chi connectivity index (χ1v) is 5.84. The van der Waals surface area contributed by atoms with E-state index in [9.17, 15) is 0 Å². The molecule has 1 heterocycles. The second-order valence-corrected chi connectivity index (χ2v) is 4.44. The van der Waals surface area contributed by atoms with Gasteiger partial charge in [0.05, 0.1) is 26.5 Å². The molecule has 1 aromatic carbocycles. The number of aliphatic hydroxyl groups excluding tert-OH is 1. The number of hydrogen-bond donors (Lipinski definition) is 1. The number of benzene rings is 1. The van der Waals surface area contributed by atoms with Gasteiger partial charge in [-0.1, -0.05) is 21.1 Å². The quantitative estimate of drug-likeness (QED) is 0.931. The molecule has 5 nitrogen and oxygen atoms in total. The van der Waals surface area contributed by atoms with Crippen LogP contribution in [-0.4, -0.2) is 27.2 Å². The Balaban J connectivity index is 2.25. The van der Waals surface area contributed by atoms with Crippen LogP contribution in [0.5, 0.6) is 5.75 Å². The van der Waals surface area contributed by atoms with Crippen molar-refractivity contribution >= 4 is 15.9 Å². The average Bonchev–Trinajstić information content (AvgIpc) is 2.77. The van der Waals surface area contributed by atoms with Gasteiger partial charge in [-0.2, -0.15) is 0 Å². The van der Waals surface area contributed by atoms with E-state index in [1.54, 1.807) is 18.0 Å². The molecule has 2 rings (SSSR count). The third-order valence-electron chi connectivity index (χ3n) is 2.32. The minimum atomic E-state index is -0.102. The average molecular weight is 298 g/mol. The molecule has 1 N–H and O–H groups in total. The summed E-state index contributed by atoms with van der Waals surface area (Å²) < 4.78 is 7.92. The Morgan fingerprint density at radius 3 is 2.94 bits per heavy atom. The highest BCUT2D eigenvalue weighted by molar-refractivity contribution is 9.10. The molecule has 0 spiro atoms. The largest absolute Gasteiger partial charge is 0.496 e. The SMILES string of the molecule is COc1ccc(Br)cc1Cn1cc(CO)nn1. The standard InChI is InChI=1S/C11H12BrN3O2/c1-17-11-3-2-9(12)4-8(11)5-15-6-10(7-16)13-14-15/h2-4,6,16H,5,7H2,1H3. The van der Waals surface area contributed by atoms with E-state index in [-0.39, 0.29) is 6.61 Å². The lowest BCUT2D eigenvalue weighted by molar-refractivity contribution is 0.276. The van der Waals surface area contributed by atoms with Gasteiger partial charge in [-0.25, -0.2) is 4.68 Å². The van der Waals surface area contributed by atoms with Crippen LogP contribution in [0.2, 0.25) is 0 Å². The topological polar surface area (TPSA) is 60.2 Å². The van der Waals surface area contributed by atoms with E-state index < -0.39 is 0 Å². The van der Waals surface area contributed by atoms with E-state index in [4.69, 9.17) is 9.84 Å². The van der Waals surface area contributed by atoms with Gasteiger partial charge in [0.15, 0.2) is 0 Å². The Morgan fingerprint density at radius 1 is 1.47 bits per heavy atom. The molecular formula is C11H12BrN3O2. The number of nitrogens with zero attached hydrogens (tertiary/aromatic N) is 3. The Hall–Kier alpha value is -1.40. The summed E-state index contributed by atoms with van der Waals surface area (Å²) in [6.45, 7) is 0.450. The Bertz CT molecular complexity index is 513. The Morgan fingerprint density at radius 2 is 2.29 bits per heavy atom. The van der Waals surface area contributed by atoms with Gasteiger partial charge in [0.25, 0.3) is 0 Å². The molecule has 0 unspecified atom stereocenters. The Kier molecular flexibility index (Phi) is 3.75. The summed E-state index contributed by atoms with van der Waals surface area (Å²) in [5, 5.41) is 16.7. The van der Waals surface area contributed by atoms with Crippen LogP contribution < -0.4 is 4.74 Å². The molecule has 0 aliphatic rings. The molecule has 2 aromatic rings. The lowest BCUT2D eigenvalue weighted by atomic mass is 10.2. The van der Waals surface area contributed by atoms with Crippen molar-refractivity contribution < 1.29 is 9.84 Å². The molecule has 17 heavy (non-hydrogen) atoms. The number of rotatable bonds is 4. The molecule has 0 fully saturated rings. The van der Waals surface area contributed by atoms with Gasteiger partial charge >= 0.3 is 0 Å². The molecule has 0 aliphatic heterocycles. The van der Waals surface area contributed by atoms with Crippen LogP contribution in [0.25, 0.3) is 0 Å². The highest BCUT2D eigenvalue weighted by Crippen LogP contribution is 2.23. The van der Waals surface area contributed by atoms with Crippen molar-refractivity contribution in [1.82, 2.24) is 15.0 Å². The lowest BCUT2D eigenvalue weighted by Gasteiger charge is -2.08. The van der Waals surface area contributed by atoms with Crippen molar-refractivity contribution in [2.24, 2.45) is 0 Å². The highest BCUT2D eigenvalue weighted by atomic mass is 79.9. The van der Waals surface area contributed by atoms with Gasteiger partial charge in [0.1, 0.15) is 11.4 Å². The number of halogens is 1. The highest BCUT2D eigenvalue weighted by Gasteiger charge is 2.06. The summed E-state index contributed by atoms with van der Waals surface area (Å²) in [6.07, 6.45) is 1.71. The van der Waals surface area contributed by atoms with E-state index in [1.807, 2.05) is 18.2 Å². The number of aliphatic hydroxyl groups is 1. The number of aromatic nitrogens is 3. The smallest absolute Gasteiger partial charge is 0.124 e. The third-order valence-corrected chi connectivity index (χ3v) is 2.82. The zero-order valence-corrected chi connectivity index (χ0v) is 10.9. The molecular weight excluding hydrogens is 286 g/mol. The zero-order chi connectivity index (χ0) is 12.3. The number of ether oxygens (including phenoxy) is 1. The molecule has 0 amide bonds. The zero-order valence-electron chi connectivity index (χ0n) is 9.30. The van der Waals surface area contributed by atoms with E-state index in [1.165, 1.54) is 0 Å². The molecule has 1 aromatic heterocycles. The maximum atomic E-state index is 8.91. The molecule has 0 radical (unpaired) electrons. The fraction of sp³-hybridized carbons (Fsp3) is 0.273. The van der Waals surface area contributed by atoms with Crippen molar-refractivity contribution in [2.45, 2.75) is 13.2 Å². The minimum Gasteiger partial charge on any atom is -0.496 e. The van der Waals surface area contributed by atoms with E-state index in [0.717, 1.165) is 15.8 Å². The molecule has 0 atom stereocenters. The summed E-state index contributed by atoms with van der Waals surface area (Å²) >= 11 is 3.42. The number of hydrogen-bond acceptors (Lipinski definition) is 4. The monoisotopic (exact) mass is 297 g/mol. The second kappa shape index (κ2) is 5.29.